The molecule has 4 nitrogen and oxygen atoms in total. The van der Waals surface area contributed by atoms with Crippen molar-refractivity contribution in [1.82, 2.24) is 10.2 Å². The molecule has 1 fully saturated rings. The number of nitrogens with one attached hydrogen (secondary N) is 1. The zero-order valence-corrected chi connectivity index (χ0v) is 11.6. The molecule has 0 aliphatic carbocycles. The van der Waals surface area contributed by atoms with E-state index in [4.69, 9.17) is 4.42 Å². The van der Waals surface area contributed by atoms with Crippen LogP contribution in [-0.4, -0.2) is 29.4 Å². The third-order valence-electron chi connectivity index (χ3n) is 3.41. The zero-order valence-electron chi connectivity index (χ0n) is 11.6. The van der Waals surface area contributed by atoms with Crippen molar-refractivity contribution >= 4 is 5.91 Å². The lowest BCUT2D eigenvalue weighted by molar-refractivity contribution is -0.131. The van der Waals surface area contributed by atoms with Gasteiger partial charge in [0.2, 0.25) is 5.91 Å². The molecular weight excluding hydrogens is 228 g/mol. The van der Waals surface area contributed by atoms with Gasteiger partial charge in [0.15, 0.2) is 0 Å². The van der Waals surface area contributed by atoms with E-state index in [1.165, 1.54) is 0 Å². The molecule has 1 amide bonds. The Morgan fingerprint density at radius 3 is 2.67 bits per heavy atom. The van der Waals surface area contributed by atoms with Crippen molar-refractivity contribution in [3.63, 3.8) is 0 Å². The van der Waals surface area contributed by atoms with Gasteiger partial charge in [0, 0.05) is 12.6 Å². The molecule has 2 unspecified atom stereocenters. The molecule has 2 atom stereocenters. The molecule has 1 aliphatic heterocycles. The van der Waals surface area contributed by atoms with Gasteiger partial charge < -0.3 is 14.6 Å². The average Bonchev–Trinajstić information content (AvgIpc) is 2.86. The van der Waals surface area contributed by atoms with Crippen LogP contribution in [0.15, 0.2) is 16.5 Å². The van der Waals surface area contributed by atoms with E-state index >= 15 is 0 Å². The van der Waals surface area contributed by atoms with Crippen molar-refractivity contribution in [1.29, 1.82) is 0 Å². The smallest absolute Gasteiger partial charge is 0.240 e. The number of carbonyl (C=O) groups excluding carboxylic acids is 1. The number of amides is 1. The normalized spacial score (nSPS) is 21.9. The highest BCUT2D eigenvalue weighted by atomic mass is 16.3. The lowest BCUT2D eigenvalue weighted by Crippen LogP contribution is -2.42. The Bertz CT molecular complexity index is 425. The zero-order chi connectivity index (χ0) is 13.3. The summed E-state index contributed by atoms with van der Waals surface area (Å²) in [6.45, 7) is 8.87. The quantitative estimate of drug-likeness (QED) is 0.891. The molecule has 1 N–H and O–H groups in total. The number of aryl methyl sites for hydroxylation is 1. The van der Waals surface area contributed by atoms with Crippen molar-refractivity contribution in [2.24, 2.45) is 0 Å². The fourth-order valence-electron chi connectivity index (χ4n) is 2.48. The molecule has 1 aromatic rings. The number of hydrogen-bond acceptors (Lipinski definition) is 3. The van der Waals surface area contributed by atoms with Gasteiger partial charge in [-0.25, -0.2) is 0 Å². The van der Waals surface area contributed by atoms with Crippen LogP contribution in [0.3, 0.4) is 0 Å². The second kappa shape index (κ2) is 5.14. The van der Waals surface area contributed by atoms with Gasteiger partial charge in [0.1, 0.15) is 11.5 Å². The first-order valence-electron chi connectivity index (χ1n) is 6.62. The fourth-order valence-corrected chi connectivity index (χ4v) is 2.48. The topological polar surface area (TPSA) is 45.5 Å². The third kappa shape index (κ3) is 2.58. The summed E-state index contributed by atoms with van der Waals surface area (Å²) in [5.74, 6) is 1.94. The van der Waals surface area contributed by atoms with E-state index < -0.39 is 0 Å². The summed E-state index contributed by atoms with van der Waals surface area (Å²) < 4.78 is 5.61. The van der Waals surface area contributed by atoms with E-state index in [0.29, 0.717) is 6.04 Å². The number of nitrogens with zero attached hydrogens (tertiary/aromatic N) is 1. The predicted octanol–water partition coefficient (Wildman–Crippen LogP) is 2.25. The molecule has 2 heterocycles. The highest BCUT2D eigenvalue weighted by Crippen LogP contribution is 2.27. The molecule has 0 bridgehead atoms. The van der Waals surface area contributed by atoms with Gasteiger partial charge in [0.05, 0.1) is 12.1 Å². The molecule has 2 rings (SSSR count). The van der Waals surface area contributed by atoms with Crippen LogP contribution in [0.25, 0.3) is 0 Å². The van der Waals surface area contributed by atoms with Gasteiger partial charge in [-0.3, -0.25) is 4.79 Å². The highest BCUT2D eigenvalue weighted by molar-refractivity contribution is 5.84. The van der Waals surface area contributed by atoms with E-state index in [1.54, 1.807) is 0 Å². The van der Waals surface area contributed by atoms with Crippen molar-refractivity contribution in [2.75, 3.05) is 6.54 Å². The van der Waals surface area contributed by atoms with E-state index in [0.717, 1.165) is 24.5 Å². The summed E-state index contributed by atoms with van der Waals surface area (Å²) in [5.41, 5.74) is 0. The monoisotopic (exact) mass is 250 g/mol. The summed E-state index contributed by atoms with van der Waals surface area (Å²) in [6.07, 6.45) is 0.876. The molecule has 0 saturated carbocycles. The van der Waals surface area contributed by atoms with Gasteiger partial charge in [0.25, 0.3) is 0 Å². The van der Waals surface area contributed by atoms with Crippen LogP contribution in [0.2, 0.25) is 0 Å². The molecule has 100 valence electrons. The fraction of sp³-hybridized carbons (Fsp3) is 0.643. The van der Waals surface area contributed by atoms with Crippen LogP contribution in [0.4, 0.5) is 0 Å². The first kappa shape index (κ1) is 13.1. The summed E-state index contributed by atoms with van der Waals surface area (Å²) in [4.78, 5) is 14.2. The van der Waals surface area contributed by atoms with E-state index in [2.05, 4.69) is 19.2 Å². The predicted molar refractivity (Wildman–Crippen MR) is 70.2 cm³/mol. The van der Waals surface area contributed by atoms with Gasteiger partial charge >= 0.3 is 0 Å². The minimum atomic E-state index is -0.0384. The number of likely N-dealkylation sites (tertiary alicyclic amines) is 1. The van der Waals surface area contributed by atoms with E-state index in [-0.39, 0.29) is 18.0 Å². The van der Waals surface area contributed by atoms with Crippen molar-refractivity contribution < 1.29 is 9.21 Å². The van der Waals surface area contributed by atoms with Crippen molar-refractivity contribution in [2.45, 2.75) is 52.2 Å². The Labute approximate surface area is 108 Å². The Hall–Kier alpha value is -1.29. The second-order valence-corrected chi connectivity index (χ2v) is 5.32. The first-order valence-corrected chi connectivity index (χ1v) is 6.62. The summed E-state index contributed by atoms with van der Waals surface area (Å²) in [7, 11) is 0. The minimum absolute atomic E-state index is 0.0187. The first-order chi connectivity index (χ1) is 8.49. The number of rotatable bonds is 4. The maximum atomic E-state index is 12.3. The second-order valence-electron chi connectivity index (χ2n) is 5.32. The SMILES string of the molecule is Cc1ccc(C(C)N2CCC(NC(C)C)C2=O)o1. The summed E-state index contributed by atoms with van der Waals surface area (Å²) in [5, 5.41) is 3.31. The van der Waals surface area contributed by atoms with Crippen LogP contribution in [-0.2, 0) is 4.79 Å². The van der Waals surface area contributed by atoms with Crippen LogP contribution in [0, 0.1) is 6.92 Å². The number of hydrogen-bond donors (Lipinski definition) is 1. The third-order valence-corrected chi connectivity index (χ3v) is 3.41. The largest absolute Gasteiger partial charge is 0.464 e. The minimum Gasteiger partial charge on any atom is -0.464 e. The van der Waals surface area contributed by atoms with Crippen molar-refractivity contribution in [3.8, 4) is 0 Å². The van der Waals surface area contributed by atoms with Gasteiger partial charge in [-0.1, -0.05) is 13.8 Å². The van der Waals surface area contributed by atoms with Gasteiger partial charge in [-0.15, -0.1) is 0 Å². The lowest BCUT2D eigenvalue weighted by atomic mass is 10.2. The average molecular weight is 250 g/mol. The summed E-state index contributed by atoms with van der Waals surface area (Å²) >= 11 is 0. The van der Waals surface area contributed by atoms with Crippen LogP contribution in [0.5, 0.6) is 0 Å². The number of furan rings is 1. The van der Waals surface area contributed by atoms with Crippen LogP contribution < -0.4 is 5.32 Å². The van der Waals surface area contributed by atoms with Crippen LogP contribution in [0.1, 0.15) is 44.8 Å². The Morgan fingerprint density at radius 2 is 2.11 bits per heavy atom. The van der Waals surface area contributed by atoms with Gasteiger partial charge in [-0.05, 0) is 32.4 Å². The van der Waals surface area contributed by atoms with E-state index in [1.807, 2.05) is 30.9 Å². The highest BCUT2D eigenvalue weighted by Gasteiger charge is 2.35. The van der Waals surface area contributed by atoms with E-state index in [9.17, 15) is 4.79 Å². The Morgan fingerprint density at radius 1 is 1.39 bits per heavy atom. The summed E-state index contributed by atoms with van der Waals surface area (Å²) in [6, 6.07) is 4.21. The van der Waals surface area contributed by atoms with Gasteiger partial charge in [-0.2, -0.15) is 0 Å². The molecular formula is C14H22N2O2. The Kier molecular flexibility index (Phi) is 3.76. The lowest BCUT2D eigenvalue weighted by Gasteiger charge is -2.23. The molecule has 1 saturated heterocycles. The molecule has 0 radical (unpaired) electrons. The molecule has 1 aliphatic rings. The maximum Gasteiger partial charge on any atom is 0.240 e. The number of carbonyl (C=O) groups is 1. The molecule has 0 spiro atoms. The Balaban J connectivity index is 2.04. The molecule has 0 aromatic carbocycles. The van der Waals surface area contributed by atoms with Crippen LogP contribution >= 0.6 is 0 Å². The molecule has 1 aromatic heterocycles. The molecule has 18 heavy (non-hydrogen) atoms. The standard InChI is InChI=1S/C14H22N2O2/c1-9(2)15-12-7-8-16(14(12)17)11(4)13-6-5-10(3)18-13/h5-6,9,11-12,15H,7-8H2,1-4H3. The maximum absolute atomic E-state index is 12.3. The van der Waals surface area contributed by atoms with Crippen molar-refractivity contribution in [3.05, 3.63) is 23.7 Å². The molecule has 4 heteroatoms.